The lowest BCUT2D eigenvalue weighted by molar-refractivity contribution is 0.0944. The number of nitrogens with zero attached hydrogens (tertiary/aromatic N) is 1. The molecule has 1 unspecified atom stereocenters. The number of carbonyl (C=O) groups is 1. The van der Waals surface area contributed by atoms with E-state index in [-0.39, 0.29) is 11.9 Å². The van der Waals surface area contributed by atoms with E-state index in [1.54, 1.807) is 18.2 Å². The van der Waals surface area contributed by atoms with Gasteiger partial charge in [-0.25, -0.2) is 0 Å². The van der Waals surface area contributed by atoms with Gasteiger partial charge in [-0.2, -0.15) is 5.26 Å². The number of benzene rings is 1. The lowest BCUT2D eigenvalue weighted by Gasteiger charge is -2.13. The zero-order valence-corrected chi connectivity index (χ0v) is 12.6. The molecule has 0 fully saturated rings. The number of hydrogen-bond acceptors (Lipinski definition) is 3. The van der Waals surface area contributed by atoms with Gasteiger partial charge in [-0.1, -0.05) is 12.1 Å². The predicted molar refractivity (Wildman–Crippen MR) is 79.1 cm³/mol. The van der Waals surface area contributed by atoms with E-state index in [9.17, 15) is 4.79 Å². The fourth-order valence-electron chi connectivity index (χ4n) is 1.63. The van der Waals surface area contributed by atoms with Crippen LogP contribution < -0.4 is 5.32 Å². The average molecular weight is 335 g/mol. The summed E-state index contributed by atoms with van der Waals surface area (Å²) in [7, 11) is 0. The van der Waals surface area contributed by atoms with Crippen molar-refractivity contribution in [2.75, 3.05) is 0 Å². The molecule has 3 nitrogen and oxygen atoms in total. The van der Waals surface area contributed by atoms with Gasteiger partial charge in [-0.05, 0) is 52.7 Å². The summed E-state index contributed by atoms with van der Waals surface area (Å²) in [5.41, 5.74) is 1.59. The van der Waals surface area contributed by atoms with Gasteiger partial charge in [0.1, 0.15) is 0 Å². The summed E-state index contributed by atoms with van der Waals surface area (Å²) in [4.78, 5) is 12.7. The number of nitriles is 1. The SMILES string of the molecule is CC(NC(=O)c1ccc(Br)s1)c1ccc(C#N)cc1. The smallest absolute Gasteiger partial charge is 0.261 e. The van der Waals surface area contributed by atoms with Crippen molar-refractivity contribution >= 4 is 33.2 Å². The van der Waals surface area contributed by atoms with Crippen molar-refractivity contribution in [3.05, 3.63) is 56.2 Å². The summed E-state index contributed by atoms with van der Waals surface area (Å²) in [6.07, 6.45) is 0. The molecule has 0 saturated heterocycles. The third-order valence-electron chi connectivity index (χ3n) is 2.68. The van der Waals surface area contributed by atoms with Crippen molar-refractivity contribution in [3.8, 4) is 6.07 Å². The number of amides is 1. The molecule has 1 amide bonds. The average Bonchev–Trinajstić information content (AvgIpc) is 2.85. The van der Waals surface area contributed by atoms with Crippen molar-refractivity contribution in [2.24, 2.45) is 0 Å². The largest absolute Gasteiger partial charge is 0.345 e. The molecule has 2 aromatic rings. The van der Waals surface area contributed by atoms with Crippen LogP contribution in [0.4, 0.5) is 0 Å². The van der Waals surface area contributed by atoms with Gasteiger partial charge in [0.15, 0.2) is 0 Å². The molecule has 2 rings (SSSR count). The first-order valence-electron chi connectivity index (χ1n) is 5.66. The molecule has 1 atom stereocenters. The van der Waals surface area contributed by atoms with E-state index in [0.717, 1.165) is 9.35 Å². The zero-order valence-electron chi connectivity index (χ0n) is 10.2. The van der Waals surface area contributed by atoms with E-state index < -0.39 is 0 Å². The minimum Gasteiger partial charge on any atom is -0.345 e. The van der Waals surface area contributed by atoms with Crippen molar-refractivity contribution in [1.29, 1.82) is 5.26 Å². The number of halogens is 1. The van der Waals surface area contributed by atoms with Crippen LogP contribution in [0.2, 0.25) is 0 Å². The molecule has 1 heterocycles. The lowest BCUT2D eigenvalue weighted by Crippen LogP contribution is -2.25. The highest BCUT2D eigenvalue weighted by atomic mass is 79.9. The molecule has 0 aliphatic carbocycles. The maximum Gasteiger partial charge on any atom is 0.261 e. The number of carbonyl (C=O) groups excluding carboxylic acids is 1. The number of thiophene rings is 1. The molecule has 0 saturated carbocycles. The van der Waals surface area contributed by atoms with E-state index in [4.69, 9.17) is 5.26 Å². The first-order chi connectivity index (χ1) is 9.10. The molecule has 1 aromatic carbocycles. The molecule has 0 aliphatic heterocycles. The quantitative estimate of drug-likeness (QED) is 0.926. The molecule has 96 valence electrons. The normalized spacial score (nSPS) is 11.6. The van der Waals surface area contributed by atoms with Gasteiger partial charge in [0.2, 0.25) is 0 Å². The molecule has 5 heteroatoms. The molecule has 1 N–H and O–H groups in total. The van der Waals surface area contributed by atoms with E-state index >= 15 is 0 Å². The van der Waals surface area contributed by atoms with Gasteiger partial charge in [0.25, 0.3) is 5.91 Å². The van der Waals surface area contributed by atoms with Crippen molar-refractivity contribution in [2.45, 2.75) is 13.0 Å². The summed E-state index contributed by atoms with van der Waals surface area (Å²) in [5.74, 6) is -0.0902. The highest BCUT2D eigenvalue weighted by Gasteiger charge is 2.13. The van der Waals surface area contributed by atoms with Crippen LogP contribution in [0.3, 0.4) is 0 Å². The summed E-state index contributed by atoms with van der Waals surface area (Å²) in [5, 5.41) is 11.7. The standard InChI is InChI=1S/C14H11BrN2OS/c1-9(11-4-2-10(8-16)3-5-11)17-14(18)12-6-7-13(15)19-12/h2-7,9H,1H3,(H,17,18). The van der Waals surface area contributed by atoms with Crippen molar-refractivity contribution in [1.82, 2.24) is 5.32 Å². The Balaban J connectivity index is 2.06. The molecule has 1 aromatic heterocycles. The Hall–Kier alpha value is -1.64. The Morgan fingerprint density at radius 1 is 1.32 bits per heavy atom. The van der Waals surface area contributed by atoms with Gasteiger partial charge in [0, 0.05) is 0 Å². The Labute approximate surface area is 124 Å². The summed E-state index contributed by atoms with van der Waals surface area (Å²) in [6, 6.07) is 12.8. The molecular weight excluding hydrogens is 324 g/mol. The van der Waals surface area contributed by atoms with Crippen LogP contribution in [0.25, 0.3) is 0 Å². The highest BCUT2D eigenvalue weighted by Crippen LogP contribution is 2.23. The van der Waals surface area contributed by atoms with E-state index in [2.05, 4.69) is 27.3 Å². The van der Waals surface area contributed by atoms with E-state index in [0.29, 0.717) is 10.4 Å². The lowest BCUT2D eigenvalue weighted by atomic mass is 10.1. The fraction of sp³-hybridized carbons (Fsp3) is 0.143. The van der Waals surface area contributed by atoms with Gasteiger partial charge < -0.3 is 5.32 Å². The predicted octanol–water partition coefficient (Wildman–Crippen LogP) is 3.87. The second kappa shape index (κ2) is 6.00. The number of rotatable bonds is 3. The topological polar surface area (TPSA) is 52.9 Å². The zero-order chi connectivity index (χ0) is 13.8. The second-order valence-corrected chi connectivity index (χ2v) is 6.50. The van der Waals surface area contributed by atoms with Gasteiger partial charge >= 0.3 is 0 Å². The van der Waals surface area contributed by atoms with Crippen LogP contribution in [0, 0.1) is 11.3 Å². The van der Waals surface area contributed by atoms with E-state index in [1.807, 2.05) is 25.1 Å². The maximum atomic E-state index is 12.0. The molecular formula is C14H11BrN2OS. The third kappa shape index (κ3) is 3.43. The molecule has 0 spiro atoms. The fourth-order valence-corrected chi connectivity index (χ4v) is 2.92. The first kappa shape index (κ1) is 13.8. The van der Waals surface area contributed by atoms with Crippen LogP contribution in [0.1, 0.15) is 33.8 Å². The van der Waals surface area contributed by atoms with Gasteiger partial charge in [-0.15, -0.1) is 11.3 Å². The van der Waals surface area contributed by atoms with E-state index in [1.165, 1.54) is 11.3 Å². The minimum atomic E-state index is -0.0962. The Bertz CT molecular complexity index is 628. The summed E-state index contributed by atoms with van der Waals surface area (Å²) < 4.78 is 0.934. The van der Waals surface area contributed by atoms with Crippen LogP contribution in [0.5, 0.6) is 0 Å². The minimum absolute atomic E-state index is 0.0902. The van der Waals surface area contributed by atoms with Crippen LogP contribution >= 0.6 is 27.3 Å². The summed E-state index contributed by atoms with van der Waals surface area (Å²) >= 11 is 4.74. The van der Waals surface area contributed by atoms with Gasteiger partial charge in [0.05, 0.1) is 26.3 Å². The summed E-state index contributed by atoms with van der Waals surface area (Å²) in [6.45, 7) is 1.92. The monoisotopic (exact) mass is 334 g/mol. The first-order valence-corrected chi connectivity index (χ1v) is 7.27. The Morgan fingerprint density at radius 2 is 2.00 bits per heavy atom. The highest BCUT2D eigenvalue weighted by molar-refractivity contribution is 9.11. The molecule has 0 radical (unpaired) electrons. The van der Waals surface area contributed by atoms with Crippen LogP contribution in [0.15, 0.2) is 40.2 Å². The molecule has 19 heavy (non-hydrogen) atoms. The number of nitrogens with one attached hydrogen (secondary N) is 1. The maximum absolute atomic E-state index is 12.0. The Morgan fingerprint density at radius 3 is 2.53 bits per heavy atom. The molecule has 0 aliphatic rings. The Kier molecular flexibility index (Phi) is 4.35. The molecule has 0 bridgehead atoms. The van der Waals surface area contributed by atoms with Crippen LogP contribution in [-0.4, -0.2) is 5.91 Å². The van der Waals surface area contributed by atoms with Crippen LogP contribution in [-0.2, 0) is 0 Å². The van der Waals surface area contributed by atoms with Gasteiger partial charge in [-0.3, -0.25) is 4.79 Å². The third-order valence-corrected chi connectivity index (χ3v) is 4.31. The second-order valence-electron chi connectivity index (χ2n) is 4.03. The van der Waals surface area contributed by atoms with Crippen molar-refractivity contribution in [3.63, 3.8) is 0 Å². The number of hydrogen-bond donors (Lipinski definition) is 1. The van der Waals surface area contributed by atoms with Crippen molar-refractivity contribution < 1.29 is 4.79 Å².